The molecule has 1 aromatic carbocycles. The molecule has 3 atom stereocenters. The fraction of sp³-hybridized carbons (Fsp3) is 0.318. The van der Waals surface area contributed by atoms with E-state index in [0.29, 0.717) is 17.7 Å². The highest BCUT2D eigenvalue weighted by Crippen LogP contribution is 2.45. The van der Waals surface area contributed by atoms with E-state index >= 15 is 0 Å². The van der Waals surface area contributed by atoms with E-state index in [9.17, 15) is 14.4 Å². The first-order valence-corrected chi connectivity index (χ1v) is 10.3. The largest absolute Gasteiger partial charge is 0.465 e. The van der Waals surface area contributed by atoms with Gasteiger partial charge in [0.05, 0.1) is 6.61 Å². The number of amides is 1. The molecule has 1 amide bonds. The molecule has 5 nitrogen and oxygen atoms in total. The third-order valence-electron chi connectivity index (χ3n) is 5.44. The van der Waals surface area contributed by atoms with Crippen molar-refractivity contribution >= 4 is 29.0 Å². The highest BCUT2D eigenvalue weighted by atomic mass is 32.1. The van der Waals surface area contributed by atoms with Crippen LogP contribution in [0.15, 0.2) is 58.4 Å². The van der Waals surface area contributed by atoms with Crippen molar-refractivity contribution in [2.24, 2.45) is 5.92 Å². The van der Waals surface area contributed by atoms with Gasteiger partial charge in [-0.2, -0.15) is 11.3 Å². The molecule has 0 saturated heterocycles. The molecule has 0 spiro atoms. The molecule has 1 aromatic heterocycles. The quantitative estimate of drug-likeness (QED) is 0.635. The molecular formula is C22H21NO4S. The molecule has 2 heterocycles. The van der Waals surface area contributed by atoms with Crippen molar-refractivity contribution in [3.05, 3.63) is 69.6 Å². The minimum atomic E-state index is -0.891. The number of thiophene rings is 1. The number of carbonyl (C=O) groups is 3. The molecular weight excluding hydrogens is 374 g/mol. The van der Waals surface area contributed by atoms with E-state index in [1.807, 2.05) is 47.2 Å². The van der Waals surface area contributed by atoms with Crippen LogP contribution in [0.4, 0.5) is 0 Å². The van der Waals surface area contributed by atoms with Crippen molar-refractivity contribution in [2.45, 2.75) is 31.6 Å². The number of esters is 1. The molecule has 4 rings (SSSR count). The third kappa shape index (κ3) is 3.29. The van der Waals surface area contributed by atoms with E-state index in [-0.39, 0.29) is 36.6 Å². The minimum Gasteiger partial charge on any atom is -0.465 e. The van der Waals surface area contributed by atoms with Crippen molar-refractivity contribution in [1.29, 1.82) is 0 Å². The normalized spacial score (nSPS) is 24.5. The first-order chi connectivity index (χ1) is 13.6. The first-order valence-electron chi connectivity index (χ1n) is 9.41. The Morgan fingerprint density at radius 2 is 1.93 bits per heavy atom. The van der Waals surface area contributed by atoms with Gasteiger partial charge >= 0.3 is 5.97 Å². The van der Waals surface area contributed by atoms with Gasteiger partial charge in [-0.3, -0.25) is 14.4 Å². The highest BCUT2D eigenvalue weighted by molar-refractivity contribution is 7.08. The number of Topliss-reactive ketones (excluding diaryl/α,β-unsaturated/α-hetero) is 1. The Morgan fingerprint density at radius 1 is 1.14 bits per heavy atom. The molecule has 2 aromatic rings. The average molecular weight is 395 g/mol. The average Bonchev–Trinajstić information content (AvgIpc) is 3.22. The number of ketones is 1. The summed E-state index contributed by atoms with van der Waals surface area (Å²) in [6.07, 6.45) is 0.647. The molecule has 0 bridgehead atoms. The number of benzene rings is 1. The van der Waals surface area contributed by atoms with E-state index in [1.54, 1.807) is 6.92 Å². The maximum Gasteiger partial charge on any atom is 0.317 e. The maximum atomic E-state index is 13.6. The molecule has 1 aliphatic heterocycles. The third-order valence-corrected chi connectivity index (χ3v) is 6.14. The Morgan fingerprint density at radius 3 is 2.61 bits per heavy atom. The van der Waals surface area contributed by atoms with E-state index in [2.05, 4.69) is 5.32 Å². The first kappa shape index (κ1) is 18.6. The van der Waals surface area contributed by atoms with Crippen molar-refractivity contribution in [3.8, 4) is 0 Å². The zero-order valence-corrected chi connectivity index (χ0v) is 16.3. The lowest BCUT2D eigenvalue weighted by Crippen LogP contribution is -2.44. The second-order valence-electron chi connectivity index (χ2n) is 7.07. The lowest BCUT2D eigenvalue weighted by Gasteiger charge is -2.37. The lowest BCUT2D eigenvalue weighted by molar-refractivity contribution is -0.152. The van der Waals surface area contributed by atoms with Gasteiger partial charge in [-0.1, -0.05) is 30.3 Å². The van der Waals surface area contributed by atoms with Gasteiger partial charge in [0, 0.05) is 29.5 Å². The highest BCUT2D eigenvalue weighted by Gasteiger charge is 2.47. The van der Waals surface area contributed by atoms with Gasteiger partial charge in [0.25, 0.3) is 0 Å². The monoisotopic (exact) mass is 395 g/mol. The van der Waals surface area contributed by atoms with E-state index in [4.69, 9.17) is 4.74 Å². The maximum absolute atomic E-state index is 13.6. The predicted molar refractivity (Wildman–Crippen MR) is 106 cm³/mol. The molecule has 0 radical (unpaired) electrons. The van der Waals surface area contributed by atoms with E-state index in [0.717, 1.165) is 11.1 Å². The number of nitrogens with one attached hydrogen (secondary N) is 1. The van der Waals surface area contributed by atoms with Gasteiger partial charge in [0.15, 0.2) is 5.78 Å². The summed E-state index contributed by atoms with van der Waals surface area (Å²) in [5.74, 6) is -2.37. The van der Waals surface area contributed by atoms with Crippen LogP contribution in [0.3, 0.4) is 0 Å². The van der Waals surface area contributed by atoms with Crippen LogP contribution in [-0.4, -0.2) is 24.3 Å². The van der Waals surface area contributed by atoms with Crippen molar-refractivity contribution in [3.63, 3.8) is 0 Å². The van der Waals surface area contributed by atoms with Crippen LogP contribution in [0.25, 0.3) is 0 Å². The second-order valence-corrected chi connectivity index (χ2v) is 7.85. The van der Waals surface area contributed by atoms with E-state index < -0.39 is 11.9 Å². The summed E-state index contributed by atoms with van der Waals surface area (Å²) in [4.78, 5) is 38.7. The van der Waals surface area contributed by atoms with Crippen LogP contribution in [0.2, 0.25) is 0 Å². The Bertz CT molecular complexity index is 933. The van der Waals surface area contributed by atoms with Crippen LogP contribution in [0, 0.1) is 5.92 Å². The number of hydrogen-bond donors (Lipinski definition) is 1. The smallest absolute Gasteiger partial charge is 0.317 e. The standard InChI is InChI=1S/C22H21NO4S/c1-2-27-22(26)20-15(13-6-4-3-5-7-13)10-17-19(21(20)25)16(11-18(24)23-17)14-8-9-28-12-14/h3-9,12,15-16,20H,2,10-11H2,1H3,(H,23,24)/t15-,16+,20-/m0/s1. The van der Waals surface area contributed by atoms with Crippen molar-refractivity contribution in [1.82, 2.24) is 5.32 Å². The van der Waals surface area contributed by atoms with Crippen LogP contribution >= 0.6 is 11.3 Å². The van der Waals surface area contributed by atoms with Gasteiger partial charge in [0.2, 0.25) is 5.91 Å². The summed E-state index contributed by atoms with van der Waals surface area (Å²) in [5.41, 5.74) is 3.05. The molecule has 1 aliphatic carbocycles. The molecule has 2 aliphatic rings. The summed E-state index contributed by atoms with van der Waals surface area (Å²) in [6.45, 7) is 1.96. The SMILES string of the molecule is CCOC(=O)[C@@H]1C(=O)C2=C(C[C@H]1c1ccccc1)NC(=O)C[C@@H]2c1ccsc1. The van der Waals surface area contributed by atoms with Gasteiger partial charge in [-0.25, -0.2) is 0 Å². The molecule has 1 N–H and O–H groups in total. The van der Waals surface area contributed by atoms with E-state index in [1.165, 1.54) is 11.3 Å². The van der Waals surface area contributed by atoms with Crippen LogP contribution < -0.4 is 5.32 Å². The summed E-state index contributed by atoms with van der Waals surface area (Å²) < 4.78 is 5.26. The lowest BCUT2D eigenvalue weighted by atomic mass is 9.68. The van der Waals surface area contributed by atoms with Gasteiger partial charge in [-0.15, -0.1) is 0 Å². The summed E-state index contributed by atoms with van der Waals surface area (Å²) in [5, 5.41) is 6.80. The Labute approximate surface area is 167 Å². The Kier molecular flexibility index (Phi) is 5.13. The molecule has 144 valence electrons. The summed E-state index contributed by atoms with van der Waals surface area (Å²) in [6, 6.07) is 11.4. The van der Waals surface area contributed by atoms with Crippen LogP contribution in [0.5, 0.6) is 0 Å². The molecule has 6 heteroatoms. The summed E-state index contributed by atoms with van der Waals surface area (Å²) >= 11 is 1.53. The van der Waals surface area contributed by atoms with Gasteiger partial charge < -0.3 is 10.1 Å². The zero-order chi connectivity index (χ0) is 19.7. The molecule has 0 saturated carbocycles. The predicted octanol–water partition coefficient (Wildman–Crippen LogP) is 3.54. The Hall–Kier alpha value is -2.73. The fourth-order valence-corrected chi connectivity index (χ4v) is 4.94. The fourth-order valence-electron chi connectivity index (χ4n) is 4.23. The number of carbonyl (C=O) groups excluding carboxylic acids is 3. The van der Waals surface area contributed by atoms with Crippen molar-refractivity contribution < 1.29 is 19.1 Å². The topological polar surface area (TPSA) is 72.5 Å². The number of rotatable bonds is 4. The van der Waals surface area contributed by atoms with Crippen molar-refractivity contribution in [2.75, 3.05) is 6.61 Å². The van der Waals surface area contributed by atoms with Gasteiger partial charge in [-0.05, 0) is 41.3 Å². The Balaban J connectivity index is 1.81. The molecule has 0 fully saturated rings. The molecule has 0 unspecified atom stereocenters. The van der Waals surface area contributed by atoms with Gasteiger partial charge in [0.1, 0.15) is 5.92 Å². The summed E-state index contributed by atoms with van der Waals surface area (Å²) in [7, 11) is 0. The number of hydrogen-bond acceptors (Lipinski definition) is 5. The number of ether oxygens (including phenoxy) is 1. The number of allylic oxidation sites excluding steroid dienone is 2. The zero-order valence-electron chi connectivity index (χ0n) is 15.5. The minimum absolute atomic E-state index is 0.0934. The molecule has 28 heavy (non-hydrogen) atoms. The van der Waals surface area contributed by atoms with Crippen LogP contribution in [-0.2, 0) is 19.1 Å². The van der Waals surface area contributed by atoms with Crippen LogP contribution in [0.1, 0.15) is 42.7 Å². The second kappa shape index (κ2) is 7.72.